The van der Waals surface area contributed by atoms with Crippen LogP contribution in [0.1, 0.15) is 15.9 Å². The van der Waals surface area contributed by atoms with Crippen molar-refractivity contribution in [3.63, 3.8) is 0 Å². The summed E-state index contributed by atoms with van der Waals surface area (Å²) in [5, 5.41) is 0. The molecule has 1 amide bonds. The zero-order valence-corrected chi connectivity index (χ0v) is 15.7. The van der Waals surface area contributed by atoms with Crippen LogP contribution in [-0.2, 0) is 20.8 Å². The summed E-state index contributed by atoms with van der Waals surface area (Å²) in [5.74, 6) is 0.190. The van der Waals surface area contributed by atoms with Gasteiger partial charge in [0.25, 0.3) is 0 Å². The first-order chi connectivity index (χ1) is 13.7. The number of nitrogens with zero attached hydrogens (tertiary/aromatic N) is 1. The highest BCUT2D eigenvalue weighted by molar-refractivity contribution is 5.89. The lowest BCUT2D eigenvalue weighted by atomic mass is 10.2. The maximum atomic E-state index is 12.5. The fourth-order valence-corrected chi connectivity index (χ4v) is 2.83. The molecule has 7 nitrogen and oxygen atoms in total. The van der Waals surface area contributed by atoms with Crippen molar-refractivity contribution in [2.75, 3.05) is 33.5 Å². The molecule has 0 saturated carbocycles. The van der Waals surface area contributed by atoms with Crippen LogP contribution in [-0.4, -0.2) is 56.5 Å². The van der Waals surface area contributed by atoms with E-state index in [0.717, 1.165) is 5.56 Å². The molecule has 7 heteroatoms. The zero-order valence-electron chi connectivity index (χ0n) is 15.7. The molecule has 2 aromatic rings. The summed E-state index contributed by atoms with van der Waals surface area (Å²) < 4.78 is 21.4. The Morgan fingerprint density at radius 2 is 1.86 bits per heavy atom. The van der Waals surface area contributed by atoms with Gasteiger partial charge in [-0.05, 0) is 29.8 Å². The number of hydrogen-bond acceptors (Lipinski definition) is 6. The van der Waals surface area contributed by atoms with E-state index in [4.69, 9.17) is 14.2 Å². The molecular weight excluding hydrogens is 362 g/mol. The SMILES string of the molecule is COC(=O)c1ccc(OC[C@@H]2COCCN2C(=O)OCc2ccccc2)cc1. The van der Waals surface area contributed by atoms with Crippen LogP contribution in [0, 0.1) is 0 Å². The third-order valence-electron chi connectivity index (χ3n) is 4.38. The third-order valence-corrected chi connectivity index (χ3v) is 4.38. The van der Waals surface area contributed by atoms with Crippen molar-refractivity contribution in [2.24, 2.45) is 0 Å². The van der Waals surface area contributed by atoms with Gasteiger partial charge in [-0.15, -0.1) is 0 Å². The summed E-state index contributed by atoms with van der Waals surface area (Å²) in [5.41, 5.74) is 1.38. The van der Waals surface area contributed by atoms with E-state index in [1.807, 2.05) is 30.3 Å². The van der Waals surface area contributed by atoms with Crippen molar-refractivity contribution in [3.05, 3.63) is 65.7 Å². The zero-order chi connectivity index (χ0) is 19.8. The largest absolute Gasteiger partial charge is 0.491 e. The minimum atomic E-state index is -0.403. The molecule has 1 atom stereocenters. The predicted molar refractivity (Wildman–Crippen MR) is 101 cm³/mol. The second-order valence-corrected chi connectivity index (χ2v) is 6.29. The molecule has 0 N–H and O–H groups in total. The summed E-state index contributed by atoms with van der Waals surface area (Å²) >= 11 is 0. The standard InChI is InChI=1S/C21H23NO6/c1-25-20(23)17-7-9-19(10-8-17)27-15-18-14-26-12-11-22(18)21(24)28-13-16-5-3-2-4-6-16/h2-10,18H,11-15H2,1H3/t18-/m0/s1. The summed E-state index contributed by atoms with van der Waals surface area (Å²) in [6, 6.07) is 15.9. The lowest BCUT2D eigenvalue weighted by Crippen LogP contribution is -2.51. The first-order valence-electron chi connectivity index (χ1n) is 9.03. The number of carbonyl (C=O) groups is 2. The number of amides is 1. The van der Waals surface area contributed by atoms with Crippen LogP contribution in [0.4, 0.5) is 4.79 Å². The quantitative estimate of drug-likeness (QED) is 0.712. The average molecular weight is 385 g/mol. The van der Waals surface area contributed by atoms with Gasteiger partial charge in [0.2, 0.25) is 0 Å². The van der Waals surface area contributed by atoms with E-state index >= 15 is 0 Å². The smallest absolute Gasteiger partial charge is 0.410 e. The Bertz CT molecular complexity index is 777. The van der Waals surface area contributed by atoms with Gasteiger partial charge in [-0.25, -0.2) is 9.59 Å². The van der Waals surface area contributed by atoms with Gasteiger partial charge in [0, 0.05) is 6.54 Å². The Morgan fingerprint density at radius 1 is 1.11 bits per heavy atom. The minimum absolute atomic E-state index is 0.222. The highest BCUT2D eigenvalue weighted by atomic mass is 16.6. The van der Waals surface area contributed by atoms with Crippen LogP contribution in [0.5, 0.6) is 5.75 Å². The molecule has 1 saturated heterocycles. The van der Waals surface area contributed by atoms with Gasteiger partial charge in [-0.1, -0.05) is 30.3 Å². The Kier molecular flexibility index (Phi) is 6.86. The normalized spacial score (nSPS) is 16.3. The first kappa shape index (κ1) is 19.7. The van der Waals surface area contributed by atoms with Crippen LogP contribution >= 0.6 is 0 Å². The van der Waals surface area contributed by atoms with Crippen molar-refractivity contribution in [1.29, 1.82) is 0 Å². The maximum absolute atomic E-state index is 12.5. The van der Waals surface area contributed by atoms with E-state index in [0.29, 0.717) is 31.1 Å². The molecule has 0 bridgehead atoms. The molecule has 0 unspecified atom stereocenters. The van der Waals surface area contributed by atoms with E-state index in [1.165, 1.54) is 7.11 Å². The number of hydrogen-bond donors (Lipinski definition) is 0. The second kappa shape index (κ2) is 9.75. The molecule has 1 heterocycles. The summed E-state index contributed by atoms with van der Waals surface area (Å²) in [6.07, 6.45) is -0.387. The number of methoxy groups -OCH3 is 1. The van der Waals surface area contributed by atoms with Gasteiger partial charge in [-0.3, -0.25) is 4.90 Å². The molecule has 0 aliphatic carbocycles. The Morgan fingerprint density at radius 3 is 2.57 bits per heavy atom. The molecule has 0 radical (unpaired) electrons. The average Bonchev–Trinajstić information content (AvgIpc) is 2.76. The number of esters is 1. The monoisotopic (exact) mass is 385 g/mol. The van der Waals surface area contributed by atoms with E-state index in [1.54, 1.807) is 29.2 Å². The number of ether oxygens (including phenoxy) is 4. The van der Waals surface area contributed by atoms with Crippen LogP contribution in [0.25, 0.3) is 0 Å². The minimum Gasteiger partial charge on any atom is -0.491 e. The Balaban J connectivity index is 1.54. The Labute approximate surface area is 163 Å². The van der Waals surface area contributed by atoms with E-state index in [2.05, 4.69) is 4.74 Å². The van der Waals surface area contributed by atoms with E-state index in [-0.39, 0.29) is 25.3 Å². The third kappa shape index (κ3) is 5.23. The van der Waals surface area contributed by atoms with E-state index in [9.17, 15) is 9.59 Å². The lowest BCUT2D eigenvalue weighted by molar-refractivity contribution is -0.0238. The molecular formula is C21H23NO6. The van der Waals surface area contributed by atoms with Crippen molar-refractivity contribution >= 4 is 12.1 Å². The van der Waals surface area contributed by atoms with Crippen LogP contribution < -0.4 is 4.74 Å². The van der Waals surface area contributed by atoms with Crippen molar-refractivity contribution in [1.82, 2.24) is 4.90 Å². The highest BCUT2D eigenvalue weighted by Crippen LogP contribution is 2.16. The predicted octanol–water partition coefficient (Wildman–Crippen LogP) is 2.89. The number of morpholine rings is 1. The molecule has 3 rings (SSSR count). The second-order valence-electron chi connectivity index (χ2n) is 6.29. The fraction of sp³-hybridized carbons (Fsp3) is 0.333. The van der Waals surface area contributed by atoms with Crippen molar-refractivity contribution in [3.8, 4) is 5.75 Å². The van der Waals surface area contributed by atoms with E-state index < -0.39 is 5.97 Å². The van der Waals surface area contributed by atoms with Gasteiger partial charge in [-0.2, -0.15) is 0 Å². The van der Waals surface area contributed by atoms with Crippen molar-refractivity contribution < 1.29 is 28.5 Å². The summed E-state index contributed by atoms with van der Waals surface area (Å²) in [6.45, 7) is 1.77. The fourth-order valence-electron chi connectivity index (χ4n) is 2.83. The van der Waals surface area contributed by atoms with Gasteiger partial charge >= 0.3 is 12.1 Å². The van der Waals surface area contributed by atoms with Gasteiger partial charge in [0.05, 0.1) is 31.9 Å². The van der Waals surface area contributed by atoms with Gasteiger partial charge < -0.3 is 18.9 Å². The molecule has 0 spiro atoms. The highest BCUT2D eigenvalue weighted by Gasteiger charge is 2.29. The van der Waals surface area contributed by atoms with Crippen LogP contribution in [0.3, 0.4) is 0 Å². The van der Waals surface area contributed by atoms with Crippen LogP contribution in [0.2, 0.25) is 0 Å². The molecule has 28 heavy (non-hydrogen) atoms. The molecule has 1 fully saturated rings. The number of rotatable bonds is 6. The molecule has 2 aromatic carbocycles. The molecule has 1 aliphatic heterocycles. The Hall–Kier alpha value is -3.06. The summed E-state index contributed by atoms with van der Waals surface area (Å²) in [7, 11) is 1.33. The van der Waals surface area contributed by atoms with Gasteiger partial charge in [0.1, 0.15) is 19.0 Å². The topological polar surface area (TPSA) is 74.3 Å². The lowest BCUT2D eigenvalue weighted by Gasteiger charge is -2.34. The molecule has 0 aromatic heterocycles. The summed E-state index contributed by atoms with van der Waals surface area (Å²) in [4.78, 5) is 25.6. The number of benzene rings is 2. The molecule has 1 aliphatic rings. The number of carbonyl (C=O) groups excluding carboxylic acids is 2. The van der Waals surface area contributed by atoms with Crippen LogP contribution in [0.15, 0.2) is 54.6 Å². The molecule has 148 valence electrons. The van der Waals surface area contributed by atoms with Gasteiger partial charge in [0.15, 0.2) is 0 Å². The maximum Gasteiger partial charge on any atom is 0.410 e. The first-order valence-corrected chi connectivity index (χ1v) is 9.03. The van der Waals surface area contributed by atoms with Crippen molar-refractivity contribution in [2.45, 2.75) is 12.6 Å².